The summed E-state index contributed by atoms with van der Waals surface area (Å²) in [4.78, 5) is 14.3. The first-order valence-electron chi connectivity index (χ1n) is 12.3. The van der Waals surface area contributed by atoms with E-state index in [1.807, 2.05) is 6.07 Å². The van der Waals surface area contributed by atoms with Gasteiger partial charge in [-0.25, -0.2) is 19.3 Å². The van der Waals surface area contributed by atoms with Crippen LogP contribution in [0.3, 0.4) is 0 Å². The van der Waals surface area contributed by atoms with Crippen molar-refractivity contribution in [2.24, 2.45) is 0 Å². The fourth-order valence-corrected chi connectivity index (χ4v) is 5.41. The summed E-state index contributed by atoms with van der Waals surface area (Å²) in [6, 6.07) is 17.2. The van der Waals surface area contributed by atoms with E-state index in [0.717, 1.165) is 65.3 Å². The predicted molar refractivity (Wildman–Crippen MR) is 144 cm³/mol. The molecule has 6 rings (SSSR count). The van der Waals surface area contributed by atoms with E-state index in [1.165, 1.54) is 23.0 Å². The summed E-state index contributed by atoms with van der Waals surface area (Å²) in [5, 5.41) is 4.51. The highest BCUT2D eigenvalue weighted by molar-refractivity contribution is 9.10. The fourth-order valence-electron chi connectivity index (χ4n) is 5.06. The number of aromatic nitrogens is 5. The standard InChI is InChI=1S/C28H26BrFN6/c1-2-13-31-28-32-14-11-23(33-28)27-26(19-4-7-21(30)8-5-19)34-25-10-9-22(36(25)27)17-35-15-12-18-3-6-20(29)16-24(18)35/h3-8,11-12,14-16,22H,2,9-10,13,17H2,1H3,(H,31,32,33). The molecule has 0 bridgehead atoms. The molecule has 182 valence electrons. The van der Waals surface area contributed by atoms with E-state index in [-0.39, 0.29) is 11.9 Å². The summed E-state index contributed by atoms with van der Waals surface area (Å²) in [5.74, 6) is 1.38. The van der Waals surface area contributed by atoms with Crippen LogP contribution in [0.15, 0.2) is 71.5 Å². The third-order valence-electron chi connectivity index (χ3n) is 6.74. The number of aryl methyl sites for hydroxylation is 1. The second kappa shape index (κ2) is 9.50. The summed E-state index contributed by atoms with van der Waals surface area (Å²) in [7, 11) is 0. The molecule has 0 spiro atoms. The van der Waals surface area contributed by atoms with Crippen molar-refractivity contribution < 1.29 is 4.39 Å². The number of benzene rings is 2. The topological polar surface area (TPSA) is 60.6 Å². The first-order valence-corrected chi connectivity index (χ1v) is 13.1. The zero-order valence-corrected chi connectivity index (χ0v) is 21.5. The Kier molecular flexibility index (Phi) is 6.05. The molecule has 0 aliphatic carbocycles. The lowest BCUT2D eigenvalue weighted by Crippen LogP contribution is -2.14. The number of rotatable bonds is 7. The SMILES string of the molecule is CCCNc1nccc(-c2c(-c3ccc(F)cc3)nc3n2C(Cn2ccc4ccc(Br)cc42)CC3)n1. The average molecular weight is 545 g/mol. The van der Waals surface area contributed by atoms with E-state index < -0.39 is 0 Å². The summed E-state index contributed by atoms with van der Waals surface area (Å²) < 4.78 is 19.5. The van der Waals surface area contributed by atoms with Crippen molar-refractivity contribution in [2.75, 3.05) is 11.9 Å². The van der Waals surface area contributed by atoms with Crippen molar-refractivity contribution >= 4 is 32.8 Å². The number of anilines is 1. The van der Waals surface area contributed by atoms with Crippen LogP contribution in [0.4, 0.5) is 10.3 Å². The molecule has 8 heteroatoms. The molecular weight excluding hydrogens is 519 g/mol. The molecule has 0 saturated heterocycles. The molecule has 0 fully saturated rings. The van der Waals surface area contributed by atoms with Crippen molar-refractivity contribution in [3.8, 4) is 22.6 Å². The molecule has 1 atom stereocenters. The van der Waals surface area contributed by atoms with Crippen LogP contribution in [0.25, 0.3) is 33.5 Å². The zero-order valence-electron chi connectivity index (χ0n) is 20.0. The lowest BCUT2D eigenvalue weighted by atomic mass is 10.1. The number of nitrogens with one attached hydrogen (secondary N) is 1. The van der Waals surface area contributed by atoms with Crippen LogP contribution in [-0.2, 0) is 13.0 Å². The monoisotopic (exact) mass is 544 g/mol. The maximum atomic E-state index is 13.7. The van der Waals surface area contributed by atoms with Crippen molar-refractivity contribution in [3.05, 3.63) is 83.1 Å². The smallest absolute Gasteiger partial charge is 0.223 e. The first kappa shape index (κ1) is 22.9. The number of nitrogens with zero attached hydrogens (tertiary/aromatic N) is 5. The van der Waals surface area contributed by atoms with Crippen LogP contribution in [0.5, 0.6) is 0 Å². The zero-order chi connectivity index (χ0) is 24.6. The van der Waals surface area contributed by atoms with Crippen LogP contribution in [0, 0.1) is 5.82 Å². The van der Waals surface area contributed by atoms with Crippen molar-refractivity contribution in [1.82, 2.24) is 24.1 Å². The van der Waals surface area contributed by atoms with Gasteiger partial charge in [0.05, 0.1) is 23.1 Å². The minimum absolute atomic E-state index is 0.216. The lowest BCUT2D eigenvalue weighted by molar-refractivity contribution is 0.459. The van der Waals surface area contributed by atoms with Gasteiger partial charge < -0.3 is 14.5 Å². The summed E-state index contributed by atoms with van der Waals surface area (Å²) in [5.41, 5.74) is 4.68. The molecule has 1 N–H and O–H groups in total. The molecular formula is C28H26BrFN6. The van der Waals surface area contributed by atoms with Gasteiger partial charge in [0, 0.05) is 47.5 Å². The van der Waals surface area contributed by atoms with Gasteiger partial charge in [0.2, 0.25) is 5.95 Å². The summed E-state index contributed by atoms with van der Waals surface area (Å²) in [6.45, 7) is 3.74. The molecule has 4 heterocycles. The van der Waals surface area contributed by atoms with Crippen LogP contribution in [0.2, 0.25) is 0 Å². The number of hydrogen-bond donors (Lipinski definition) is 1. The molecule has 3 aromatic heterocycles. The fraction of sp³-hybridized carbons (Fsp3) is 0.250. The maximum absolute atomic E-state index is 13.7. The minimum Gasteiger partial charge on any atom is -0.354 e. The van der Waals surface area contributed by atoms with Gasteiger partial charge in [0.25, 0.3) is 0 Å². The van der Waals surface area contributed by atoms with Crippen LogP contribution in [-0.4, -0.2) is 30.6 Å². The highest BCUT2D eigenvalue weighted by Crippen LogP contribution is 2.40. The second-order valence-electron chi connectivity index (χ2n) is 9.16. The van der Waals surface area contributed by atoms with E-state index in [1.54, 1.807) is 18.3 Å². The van der Waals surface area contributed by atoms with Gasteiger partial charge in [-0.2, -0.15) is 0 Å². The first-order chi connectivity index (χ1) is 17.6. The quantitative estimate of drug-likeness (QED) is 0.243. The molecule has 0 radical (unpaired) electrons. The van der Waals surface area contributed by atoms with E-state index in [2.05, 4.69) is 72.8 Å². The molecule has 0 saturated carbocycles. The van der Waals surface area contributed by atoms with Crippen LogP contribution < -0.4 is 5.32 Å². The molecule has 0 amide bonds. The molecule has 1 unspecified atom stereocenters. The minimum atomic E-state index is -0.260. The van der Waals surface area contributed by atoms with Gasteiger partial charge in [-0.15, -0.1) is 0 Å². The van der Waals surface area contributed by atoms with Gasteiger partial charge in [0.1, 0.15) is 11.6 Å². The summed E-state index contributed by atoms with van der Waals surface area (Å²) >= 11 is 3.62. The molecule has 36 heavy (non-hydrogen) atoms. The lowest BCUT2D eigenvalue weighted by Gasteiger charge is -2.19. The van der Waals surface area contributed by atoms with Gasteiger partial charge in [-0.05, 0) is 66.8 Å². The Balaban J connectivity index is 1.46. The predicted octanol–water partition coefficient (Wildman–Crippen LogP) is 6.87. The third kappa shape index (κ3) is 4.19. The highest BCUT2D eigenvalue weighted by Gasteiger charge is 2.31. The number of halogens is 2. The largest absolute Gasteiger partial charge is 0.354 e. The van der Waals surface area contributed by atoms with Gasteiger partial charge in [0.15, 0.2) is 0 Å². The van der Waals surface area contributed by atoms with E-state index in [0.29, 0.717) is 5.95 Å². The number of fused-ring (bicyclic) bond motifs is 2. The number of hydrogen-bond acceptors (Lipinski definition) is 4. The van der Waals surface area contributed by atoms with Gasteiger partial charge in [-0.3, -0.25) is 0 Å². The Bertz CT molecular complexity index is 1540. The van der Waals surface area contributed by atoms with Crippen LogP contribution >= 0.6 is 15.9 Å². The summed E-state index contributed by atoms with van der Waals surface area (Å²) in [6.07, 6.45) is 6.81. The van der Waals surface area contributed by atoms with Crippen molar-refractivity contribution in [1.29, 1.82) is 0 Å². The Morgan fingerprint density at radius 1 is 1.08 bits per heavy atom. The van der Waals surface area contributed by atoms with E-state index >= 15 is 0 Å². The Hall–Kier alpha value is -3.52. The Labute approximate surface area is 217 Å². The number of imidazole rings is 1. The molecule has 1 aliphatic heterocycles. The highest BCUT2D eigenvalue weighted by atomic mass is 79.9. The normalized spacial score (nSPS) is 14.9. The average Bonchev–Trinajstić information content (AvgIpc) is 3.58. The van der Waals surface area contributed by atoms with Gasteiger partial charge >= 0.3 is 0 Å². The van der Waals surface area contributed by atoms with E-state index in [4.69, 9.17) is 9.97 Å². The maximum Gasteiger partial charge on any atom is 0.223 e. The Morgan fingerprint density at radius 3 is 2.78 bits per heavy atom. The molecule has 1 aliphatic rings. The van der Waals surface area contributed by atoms with Crippen molar-refractivity contribution in [2.45, 2.75) is 38.8 Å². The Morgan fingerprint density at radius 2 is 1.94 bits per heavy atom. The molecule has 5 aromatic rings. The third-order valence-corrected chi connectivity index (χ3v) is 7.24. The van der Waals surface area contributed by atoms with E-state index in [9.17, 15) is 4.39 Å². The molecule has 6 nitrogen and oxygen atoms in total. The van der Waals surface area contributed by atoms with Crippen molar-refractivity contribution in [3.63, 3.8) is 0 Å². The second-order valence-corrected chi connectivity index (χ2v) is 10.1. The molecule has 2 aromatic carbocycles. The van der Waals surface area contributed by atoms with Gasteiger partial charge in [-0.1, -0.05) is 28.9 Å². The van der Waals surface area contributed by atoms with Crippen LogP contribution in [0.1, 0.15) is 31.6 Å².